The Hall–Kier alpha value is -4.35. The summed E-state index contributed by atoms with van der Waals surface area (Å²) in [5.74, 6) is 1.30. The van der Waals surface area contributed by atoms with Crippen LogP contribution >= 0.6 is 0 Å². The number of nitrogens with zero attached hydrogens (tertiary/aromatic N) is 5. The van der Waals surface area contributed by atoms with Crippen LogP contribution in [-0.2, 0) is 4.89 Å². The molecule has 4 atom stereocenters. The first-order valence-electron chi connectivity index (χ1n) is 16.9. The number of terminal acetylenes is 1. The number of rotatable bonds is 8. The zero-order valence-corrected chi connectivity index (χ0v) is 27.4. The third kappa shape index (κ3) is 5.38. The Labute approximate surface area is 282 Å². The molecule has 4 aromatic rings. The summed E-state index contributed by atoms with van der Waals surface area (Å²) in [5, 5.41) is 24.8. The van der Waals surface area contributed by atoms with Crippen LogP contribution in [0.5, 0.6) is 17.6 Å². The van der Waals surface area contributed by atoms with Gasteiger partial charge < -0.3 is 24.8 Å². The highest BCUT2D eigenvalue weighted by atomic mass is 19.1. The quantitative estimate of drug-likeness (QED) is 0.127. The number of aromatic nitrogens is 3. The Morgan fingerprint density at radius 1 is 1.08 bits per heavy atom. The Morgan fingerprint density at radius 3 is 2.61 bits per heavy atom. The summed E-state index contributed by atoms with van der Waals surface area (Å²) in [6.07, 6.45) is 10.2. The second-order valence-electron chi connectivity index (χ2n) is 13.9. The Kier molecular flexibility index (Phi) is 7.94. The number of aromatic hydroxyl groups is 1. The number of phenolic OH excluding ortho intramolecular Hbond substituents is 1. The van der Waals surface area contributed by atoms with Gasteiger partial charge in [-0.05, 0) is 76.0 Å². The van der Waals surface area contributed by atoms with Gasteiger partial charge in [0.25, 0.3) is 0 Å². The average molecular weight is 673 g/mol. The molecule has 2 bridgehead atoms. The van der Waals surface area contributed by atoms with Crippen molar-refractivity contribution >= 4 is 27.5 Å². The van der Waals surface area contributed by atoms with Crippen molar-refractivity contribution in [1.82, 2.24) is 25.2 Å². The van der Waals surface area contributed by atoms with Crippen molar-refractivity contribution < 1.29 is 33.5 Å². The van der Waals surface area contributed by atoms with Crippen LogP contribution in [0.3, 0.4) is 0 Å². The molecule has 4 aliphatic heterocycles. The molecule has 4 fully saturated rings. The van der Waals surface area contributed by atoms with Gasteiger partial charge in [-0.3, -0.25) is 10.2 Å². The lowest BCUT2D eigenvalue weighted by Gasteiger charge is -2.35. The highest BCUT2D eigenvalue weighted by molar-refractivity contribution is 6.04. The van der Waals surface area contributed by atoms with Gasteiger partial charge in [-0.1, -0.05) is 12.0 Å². The van der Waals surface area contributed by atoms with E-state index in [0.717, 1.165) is 38.6 Å². The fourth-order valence-corrected chi connectivity index (χ4v) is 8.37. The third-order valence-corrected chi connectivity index (χ3v) is 10.5. The van der Waals surface area contributed by atoms with Crippen molar-refractivity contribution in [3.8, 4) is 41.2 Å². The fraction of sp³-hybridized carbons (Fsp3) is 0.472. The summed E-state index contributed by atoms with van der Waals surface area (Å²) in [5.41, 5.74) is -0.637. The summed E-state index contributed by atoms with van der Waals surface area (Å²) >= 11 is 0. The van der Waals surface area contributed by atoms with Crippen LogP contribution in [0.25, 0.3) is 32.9 Å². The van der Waals surface area contributed by atoms with Crippen molar-refractivity contribution in [3.63, 3.8) is 0 Å². The number of hydrogen-bond acceptors (Lipinski definition) is 11. The molecule has 2 aromatic heterocycles. The number of pyridine rings is 1. The lowest BCUT2D eigenvalue weighted by molar-refractivity contribution is -0.309. The minimum Gasteiger partial charge on any atom is -0.508 e. The molecule has 4 aliphatic rings. The van der Waals surface area contributed by atoms with E-state index >= 15 is 8.78 Å². The van der Waals surface area contributed by atoms with E-state index in [2.05, 4.69) is 26.0 Å². The molecule has 0 aliphatic carbocycles. The Morgan fingerprint density at radius 2 is 1.88 bits per heavy atom. The van der Waals surface area contributed by atoms with Crippen LogP contribution < -0.4 is 19.7 Å². The first kappa shape index (κ1) is 31.9. The van der Waals surface area contributed by atoms with Crippen LogP contribution in [0, 0.1) is 24.0 Å². The number of fused-ring (bicyclic) bond motifs is 5. The van der Waals surface area contributed by atoms with Crippen molar-refractivity contribution in [1.29, 1.82) is 0 Å². The van der Waals surface area contributed by atoms with Gasteiger partial charge in [0.1, 0.15) is 46.8 Å². The molecule has 8 rings (SSSR count). The van der Waals surface area contributed by atoms with Gasteiger partial charge in [0.2, 0.25) is 5.88 Å². The van der Waals surface area contributed by atoms with Crippen molar-refractivity contribution in [3.05, 3.63) is 41.5 Å². The smallest absolute Gasteiger partial charge is 0.319 e. The molecule has 0 radical (unpaired) electrons. The highest BCUT2D eigenvalue weighted by Gasteiger charge is 2.51. The molecule has 11 nitrogen and oxygen atoms in total. The summed E-state index contributed by atoms with van der Waals surface area (Å²) < 4.78 is 44.9. The molecule has 49 heavy (non-hydrogen) atoms. The topological polar surface area (TPSA) is 125 Å². The number of ether oxygens (including phenoxy) is 2. The standard InChI is InChI=1S/C36H38F2N6O5/c1-4-24-26(37)9-6-20-14-23(45)15-25(28(20)24)31-30(38)32-29(34(40-31)48-19(2)3)33(43-16-21-7-8-22(17-43)39-21)42-35(41-32)47-18-36-11-5-13-44(36)27(49-46)10-12-36/h1,6,9,14-15,19,21-22,27,39,45-46H,5,7-8,10-13,16-18H2,2-3H3/t21?,22?,27-,36+/m0/s1. The lowest BCUT2D eigenvalue weighted by atomic mass is 9.95. The highest BCUT2D eigenvalue weighted by Crippen LogP contribution is 2.45. The van der Waals surface area contributed by atoms with Gasteiger partial charge in [-0.15, -0.1) is 6.42 Å². The summed E-state index contributed by atoms with van der Waals surface area (Å²) in [6, 6.07) is 5.93. The molecule has 0 saturated carbocycles. The predicted molar refractivity (Wildman–Crippen MR) is 179 cm³/mol. The number of phenols is 1. The number of halogens is 2. The van der Waals surface area contributed by atoms with Crippen LogP contribution in [0.4, 0.5) is 14.6 Å². The monoisotopic (exact) mass is 672 g/mol. The second kappa shape index (κ2) is 12.2. The van der Waals surface area contributed by atoms with Gasteiger partial charge in [0.05, 0.1) is 17.2 Å². The maximum Gasteiger partial charge on any atom is 0.319 e. The van der Waals surface area contributed by atoms with Crippen LogP contribution in [0.1, 0.15) is 57.9 Å². The molecule has 2 unspecified atom stereocenters. The van der Waals surface area contributed by atoms with Gasteiger partial charge in [0, 0.05) is 42.7 Å². The molecule has 4 saturated heterocycles. The normalized spacial score (nSPS) is 25.0. The lowest BCUT2D eigenvalue weighted by Crippen LogP contribution is -2.51. The summed E-state index contributed by atoms with van der Waals surface area (Å²) in [7, 11) is 0. The van der Waals surface area contributed by atoms with Gasteiger partial charge in [0.15, 0.2) is 5.82 Å². The van der Waals surface area contributed by atoms with Gasteiger partial charge in [-0.25, -0.2) is 18.7 Å². The van der Waals surface area contributed by atoms with E-state index in [4.69, 9.17) is 30.8 Å². The first-order valence-corrected chi connectivity index (χ1v) is 16.9. The van der Waals surface area contributed by atoms with Crippen molar-refractivity contribution in [2.24, 2.45) is 0 Å². The zero-order chi connectivity index (χ0) is 34.0. The zero-order valence-electron chi connectivity index (χ0n) is 27.4. The maximum absolute atomic E-state index is 17.2. The number of nitrogens with one attached hydrogen (secondary N) is 1. The van der Waals surface area contributed by atoms with E-state index < -0.39 is 17.9 Å². The minimum atomic E-state index is -0.813. The first-order chi connectivity index (χ1) is 23.7. The average Bonchev–Trinajstić information content (AvgIpc) is 3.76. The molecule has 3 N–H and O–H groups in total. The summed E-state index contributed by atoms with van der Waals surface area (Å²) in [4.78, 5) is 23.3. The van der Waals surface area contributed by atoms with E-state index in [9.17, 15) is 10.4 Å². The minimum absolute atomic E-state index is 0.00866. The van der Waals surface area contributed by atoms with E-state index in [0.29, 0.717) is 36.1 Å². The summed E-state index contributed by atoms with van der Waals surface area (Å²) in [6.45, 7) is 5.95. The Bertz CT molecular complexity index is 1990. The van der Waals surface area contributed by atoms with E-state index in [1.807, 2.05) is 13.8 Å². The molecular weight excluding hydrogens is 634 g/mol. The van der Waals surface area contributed by atoms with Crippen molar-refractivity contribution in [2.75, 3.05) is 31.1 Å². The van der Waals surface area contributed by atoms with Crippen molar-refractivity contribution in [2.45, 2.75) is 82.3 Å². The molecule has 256 valence electrons. The van der Waals surface area contributed by atoms with Crippen LogP contribution in [-0.4, -0.2) is 86.4 Å². The van der Waals surface area contributed by atoms with E-state index in [-0.39, 0.29) is 75.7 Å². The molecule has 0 spiro atoms. The molecule has 6 heterocycles. The van der Waals surface area contributed by atoms with Gasteiger partial charge in [-0.2, -0.15) is 9.97 Å². The van der Waals surface area contributed by atoms with E-state index in [1.165, 1.54) is 24.3 Å². The third-order valence-electron chi connectivity index (χ3n) is 10.5. The Balaban J connectivity index is 1.33. The fourth-order valence-electron chi connectivity index (χ4n) is 8.37. The van der Waals surface area contributed by atoms with Crippen LogP contribution in [0.2, 0.25) is 0 Å². The van der Waals surface area contributed by atoms with Crippen LogP contribution in [0.15, 0.2) is 24.3 Å². The number of piperazine rings is 1. The second-order valence-corrected chi connectivity index (χ2v) is 13.9. The molecule has 2 aromatic carbocycles. The van der Waals surface area contributed by atoms with E-state index in [1.54, 1.807) is 0 Å². The SMILES string of the molecule is C#Cc1c(F)ccc2cc(O)cc(-c3nc(OC(C)C)c4c(N5CC6CCC(C5)N6)nc(OC[C@]56CCCN5[C@@H](OO)CC6)nc4c3F)c12. The number of anilines is 1. The molecule has 13 heteroatoms. The number of benzene rings is 2. The largest absolute Gasteiger partial charge is 0.508 e. The molecule has 0 amide bonds. The van der Waals surface area contributed by atoms with Gasteiger partial charge >= 0.3 is 6.01 Å². The number of hydrogen-bond donors (Lipinski definition) is 3. The molecular formula is C36H38F2N6O5. The predicted octanol–water partition coefficient (Wildman–Crippen LogP) is 5.36. The maximum atomic E-state index is 17.2.